The number of hydrogen-bond acceptors (Lipinski definition) is 4. The highest BCUT2D eigenvalue weighted by Crippen LogP contribution is 2.10. The fraction of sp³-hybridized carbons (Fsp3) is 0.200. The first kappa shape index (κ1) is 8.42. The molecule has 0 N–H and O–H groups in total. The fourth-order valence-corrected chi connectivity index (χ4v) is 1.10. The minimum atomic E-state index is -3.67. The van der Waals surface area contributed by atoms with Gasteiger partial charge in [-0.05, 0) is 6.92 Å². The maximum atomic E-state index is 10.6. The van der Waals surface area contributed by atoms with Crippen molar-refractivity contribution < 1.29 is 8.42 Å². The van der Waals surface area contributed by atoms with Gasteiger partial charge in [0.1, 0.15) is 10.7 Å². The third kappa shape index (κ3) is 2.13. The van der Waals surface area contributed by atoms with E-state index in [2.05, 4.69) is 9.97 Å². The van der Waals surface area contributed by atoms with E-state index in [9.17, 15) is 8.42 Å². The summed E-state index contributed by atoms with van der Waals surface area (Å²) < 4.78 is 21.3. The topological polar surface area (TPSA) is 59.9 Å². The largest absolute Gasteiger partial charge is 0.264 e. The quantitative estimate of drug-likeness (QED) is 0.615. The van der Waals surface area contributed by atoms with Crippen LogP contribution < -0.4 is 0 Å². The third-order valence-corrected chi connectivity index (χ3v) is 2.35. The zero-order valence-corrected chi connectivity index (χ0v) is 7.22. The molecule has 1 rings (SSSR count). The molecule has 0 aliphatic rings. The Hall–Kier alpha value is -0.680. The molecule has 0 saturated carbocycles. The monoisotopic (exact) mass is 192 g/mol. The summed E-state index contributed by atoms with van der Waals surface area (Å²) in [7, 11) is 1.33. The van der Waals surface area contributed by atoms with Crippen LogP contribution in [0.5, 0.6) is 0 Å². The highest BCUT2D eigenvalue weighted by Gasteiger charge is 2.09. The van der Waals surface area contributed by atoms with Crippen LogP contribution in [0.2, 0.25) is 0 Å². The lowest BCUT2D eigenvalue weighted by Crippen LogP contribution is -1.94. The zero-order valence-electron chi connectivity index (χ0n) is 5.65. The maximum absolute atomic E-state index is 10.6. The van der Waals surface area contributed by atoms with Crippen LogP contribution in [0.25, 0.3) is 0 Å². The van der Waals surface area contributed by atoms with Gasteiger partial charge in [-0.15, -0.1) is 0 Å². The summed E-state index contributed by atoms with van der Waals surface area (Å²) in [5, 5.41) is 0. The summed E-state index contributed by atoms with van der Waals surface area (Å²) in [5.74, 6) is 0.508. The second-order valence-electron chi connectivity index (χ2n) is 1.90. The van der Waals surface area contributed by atoms with Crippen LogP contribution in [0.1, 0.15) is 5.82 Å². The van der Waals surface area contributed by atoms with Gasteiger partial charge in [-0.1, -0.05) is 0 Å². The molecule has 6 heteroatoms. The molecule has 0 radical (unpaired) electrons. The average Bonchev–Trinajstić information content (AvgIpc) is 1.86. The van der Waals surface area contributed by atoms with E-state index in [0.29, 0.717) is 5.82 Å². The lowest BCUT2D eigenvalue weighted by atomic mass is 10.6. The van der Waals surface area contributed by atoms with Crippen LogP contribution in [0.15, 0.2) is 17.3 Å². The molecule has 0 aromatic carbocycles. The first-order chi connectivity index (χ1) is 5.00. The van der Waals surface area contributed by atoms with Gasteiger partial charge in [-0.3, -0.25) is 0 Å². The number of hydrogen-bond donors (Lipinski definition) is 0. The summed E-state index contributed by atoms with van der Waals surface area (Å²) in [5.41, 5.74) is 0. The van der Waals surface area contributed by atoms with Crippen LogP contribution >= 0.6 is 10.7 Å². The normalized spacial score (nSPS) is 11.5. The van der Waals surface area contributed by atoms with Gasteiger partial charge in [0.05, 0.1) is 12.4 Å². The van der Waals surface area contributed by atoms with Gasteiger partial charge in [0, 0.05) is 10.7 Å². The number of nitrogens with zero attached hydrogens (tertiary/aromatic N) is 2. The molecule has 4 nitrogen and oxygen atoms in total. The maximum Gasteiger partial charge on any atom is 0.264 e. The molecule has 1 aromatic heterocycles. The van der Waals surface area contributed by atoms with Crippen LogP contribution in [-0.4, -0.2) is 18.4 Å². The van der Waals surface area contributed by atoms with E-state index in [0.717, 1.165) is 0 Å². The molecule has 1 aromatic rings. The minimum Gasteiger partial charge on any atom is -0.240 e. The molecule has 0 bridgehead atoms. The third-order valence-electron chi connectivity index (χ3n) is 1.04. The summed E-state index contributed by atoms with van der Waals surface area (Å²) in [6.45, 7) is 1.66. The van der Waals surface area contributed by atoms with E-state index in [-0.39, 0.29) is 4.90 Å². The standard InChI is InChI=1S/C5H5ClN2O2S/c1-4-7-2-5(3-8-4)11(6,9)10/h2-3H,1H3. The molecular formula is C5H5ClN2O2S. The number of aromatic nitrogens is 2. The van der Waals surface area contributed by atoms with Gasteiger partial charge in [0.15, 0.2) is 0 Å². The Balaban J connectivity index is 3.20. The van der Waals surface area contributed by atoms with E-state index in [4.69, 9.17) is 10.7 Å². The Labute approximate surface area is 68.7 Å². The predicted molar refractivity (Wildman–Crippen MR) is 39.8 cm³/mol. The van der Waals surface area contributed by atoms with E-state index >= 15 is 0 Å². The summed E-state index contributed by atoms with van der Waals surface area (Å²) in [6.07, 6.45) is 2.34. The van der Waals surface area contributed by atoms with Gasteiger partial charge in [-0.2, -0.15) is 0 Å². The van der Waals surface area contributed by atoms with Gasteiger partial charge < -0.3 is 0 Å². The zero-order chi connectivity index (χ0) is 8.48. The lowest BCUT2D eigenvalue weighted by Gasteiger charge is -1.93. The summed E-state index contributed by atoms with van der Waals surface area (Å²) in [6, 6.07) is 0. The van der Waals surface area contributed by atoms with Crippen LogP contribution in [0.4, 0.5) is 0 Å². The highest BCUT2D eigenvalue weighted by atomic mass is 35.7. The summed E-state index contributed by atoms with van der Waals surface area (Å²) >= 11 is 0. The molecule has 60 valence electrons. The van der Waals surface area contributed by atoms with Crippen LogP contribution in [0.3, 0.4) is 0 Å². The van der Waals surface area contributed by atoms with Crippen molar-refractivity contribution in [2.45, 2.75) is 11.8 Å². The van der Waals surface area contributed by atoms with Crippen molar-refractivity contribution in [3.8, 4) is 0 Å². The van der Waals surface area contributed by atoms with Crippen molar-refractivity contribution in [2.75, 3.05) is 0 Å². The molecule has 0 fully saturated rings. The Morgan fingerprint density at radius 3 is 2.18 bits per heavy atom. The first-order valence-corrected chi connectivity index (χ1v) is 5.04. The average molecular weight is 193 g/mol. The Morgan fingerprint density at radius 2 is 1.82 bits per heavy atom. The number of halogens is 1. The number of aryl methyl sites for hydroxylation is 1. The highest BCUT2D eigenvalue weighted by molar-refractivity contribution is 8.13. The molecule has 0 spiro atoms. The molecule has 1 heterocycles. The van der Waals surface area contributed by atoms with Crippen molar-refractivity contribution in [3.63, 3.8) is 0 Å². The Morgan fingerprint density at radius 1 is 1.36 bits per heavy atom. The van der Waals surface area contributed by atoms with E-state index in [1.807, 2.05) is 0 Å². The van der Waals surface area contributed by atoms with Crippen LogP contribution in [0, 0.1) is 6.92 Å². The van der Waals surface area contributed by atoms with Crippen LogP contribution in [-0.2, 0) is 9.05 Å². The van der Waals surface area contributed by atoms with Crippen molar-refractivity contribution >= 4 is 19.7 Å². The molecule has 0 unspecified atom stereocenters. The van der Waals surface area contributed by atoms with E-state index < -0.39 is 9.05 Å². The fourth-order valence-electron chi connectivity index (χ4n) is 0.507. The lowest BCUT2D eigenvalue weighted by molar-refractivity contribution is 0.608. The molecule has 0 aliphatic heterocycles. The molecular weight excluding hydrogens is 188 g/mol. The van der Waals surface area contributed by atoms with E-state index in [1.54, 1.807) is 6.92 Å². The first-order valence-electron chi connectivity index (χ1n) is 2.73. The van der Waals surface area contributed by atoms with Crippen molar-refractivity contribution in [3.05, 3.63) is 18.2 Å². The van der Waals surface area contributed by atoms with Crippen molar-refractivity contribution in [2.24, 2.45) is 0 Å². The number of rotatable bonds is 1. The molecule has 0 saturated heterocycles. The molecule has 11 heavy (non-hydrogen) atoms. The molecule has 0 amide bonds. The smallest absolute Gasteiger partial charge is 0.240 e. The second-order valence-corrected chi connectivity index (χ2v) is 4.47. The van der Waals surface area contributed by atoms with Crippen molar-refractivity contribution in [1.29, 1.82) is 0 Å². The second kappa shape index (κ2) is 2.75. The van der Waals surface area contributed by atoms with Gasteiger partial charge in [-0.25, -0.2) is 18.4 Å². The van der Waals surface area contributed by atoms with Gasteiger partial charge >= 0.3 is 0 Å². The van der Waals surface area contributed by atoms with Gasteiger partial charge in [0.25, 0.3) is 9.05 Å². The molecule has 0 atom stereocenters. The van der Waals surface area contributed by atoms with E-state index in [1.165, 1.54) is 12.4 Å². The predicted octanol–water partition coefficient (Wildman–Crippen LogP) is 0.713. The SMILES string of the molecule is Cc1ncc(S(=O)(=O)Cl)cn1. The molecule has 0 aliphatic carbocycles. The van der Waals surface area contributed by atoms with Gasteiger partial charge in [0.2, 0.25) is 0 Å². The summed E-state index contributed by atoms with van der Waals surface area (Å²) in [4.78, 5) is 7.26. The Bertz CT molecular complexity index is 345. The minimum absolute atomic E-state index is 0.0789. The van der Waals surface area contributed by atoms with Crippen molar-refractivity contribution in [1.82, 2.24) is 9.97 Å². The Kier molecular flexibility index (Phi) is 2.10.